The highest BCUT2D eigenvalue weighted by atomic mass is 35.5. The van der Waals surface area contributed by atoms with Gasteiger partial charge in [-0.15, -0.1) is 0 Å². The number of hydrogen-bond acceptors (Lipinski definition) is 7. The van der Waals surface area contributed by atoms with Crippen LogP contribution in [-0.2, 0) is 26.9 Å². The van der Waals surface area contributed by atoms with Crippen molar-refractivity contribution in [2.45, 2.75) is 83.5 Å². The molecule has 4 fully saturated rings. The summed E-state index contributed by atoms with van der Waals surface area (Å²) in [6, 6.07) is 2.81. The molecule has 4 aliphatic heterocycles. The number of anilines is 1. The van der Waals surface area contributed by atoms with Gasteiger partial charge >= 0.3 is 12.3 Å². The lowest BCUT2D eigenvalue weighted by atomic mass is 9.51. The largest absolute Gasteiger partial charge is 0.436 e. The molecule has 1 aliphatic carbocycles. The van der Waals surface area contributed by atoms with Crippen molar-refractivity contribution in [3.05, 3.63) is 40.1 Å². The van der Waals surface area contributed by atoms with Crippen LogP contribution in [0.1, 0.15) is 69.9 Å². The Balaban J connectivity index is 1.19. The van der Waals surface area contributed by atoms with E-state index in [1.807, 2.05) is 0 Å². The minimum Gasteiger partial charge on any atom is -0.436 e. The Kier molecular flexibility index (Phi) is 10.9. The van der Waals surface area contributed by atoms with Crippen molar-refractivity contribution in [2.24, 2.45) is 16.7 Å². The summed E-state index contributed by atoms with van der Waals surface area (Å²) in [7, 11) is 3.48. The van der Waals surface area contributed by atoms with E-state index in [1.54, 1.807) is 9.80 Å². The first-order valence-corrected chi connectivity index (χ1v) is 18.7. The molecule has 10 nitrogen and oxygen atoms in total. The van der Waals surface area contributed by atoms with Crippen molar-refractivity contribution in [1.29, 1.82) is 0 Å². The zero-order chi connectivity index (χ0) is 36.7. The molecule has 1 aromatic carbocycles. The molecular formula is C37H52ClF3N6O4. The first kappa shape index (κ1) is 37.7. The molecular weight excluding hydrogens is 685 g/mol. The van der Waals surface area contributed by atoms with Gasteiger partial charge in [0.1, 0.15) is 0 Å². The number of halogens is 4. The van der Waals surface area contributed by atoms with E-state index >= 15 is 0 Å². The van der Waals surface area contributed by atoms with Gasteiger partial charge in [0.25, 0.3) is 5.91 Å². The van der Waals surface area contributed by atoms with Gasteiger partial charge in [-0.3, -0.25) is 14.5 Å². The Morgan fingerprint density at radius 2 is 1.73 bits per heavy atom. The number of piperazine rings is 1. The van der Waals surface area contributed by atoms with E-state index < -0.39 is 29.8 Å². The molecule has 4 heterocycles. The van der Waals surface area contributed by atoms with Crippen LogP contribution in [0.25, 0.3) is 0 Å². The van der Waals surface area contributed by atoms with Crippen LogP contribution in [0.5, 0.6) is 0 Å². The zero-order valence-electron chi connectivity index (χ0n) is 30.2. The van der Waals surface area contributed by atoms with Crippen LogP contribution >= 0.6 is 11.6 Å². The summed E-state index contributed by atoms with van der Waals surface area (Å²) < 4.78 is 48.2. The van der Waals surface area contributed by atoms with Gasteiger partial charge in [0.05, 0.1) is 16.3 Å². The number of carbonyl (C=O) groups is 3. The summed E-state index contributed by atoms with van der Waals surface area (Å²) >= 11 is 6.31. The second kappa shape index (κ2) is 14.8. The number of piperidine rings is 3. The third-order valence-electron chi connectivity index (χ3n) is 12.5. The fourth-order valence-electron chi connectivity index (χ4n) is 9.39. The number of ether oxygens (including phenoxy) is 1. The van der Waals surface area contributed by atoms with Gasteiger partial charge in [-0.1, -0.05) is 31.5 Å². The molecule has 5 aliphatic rings. The molecule has 0 radical (unpaired) electrons. The number of nitrogens with one attached hydrogen (secondary N) is 2. The molecule has 282 valence electrons. The molecule has 14 heteroatoms. The second-order valence-corrected chi connectivity index (χ2v) is 16.1. The Morgan fingerprint density at radius 1 is 1.06 bits per heavy atom. The van der Waals surface area contributed by atoms with Crippen LogP contribution in [0.3, 0.4) is 0 Å². The quantitative estimate of drug-likeness (QED) is 0.392. The standard InChI is InChI=1S/C37H52ClF3N6O4/c1-24-5-6-30-35(2,22-24)36(23-31(48)43-30)9-13-47(14-10-36)34(50)51-29(21-25-19-27(37(39,40)41)32(42-3)28(38)20-25)33(49)46-17-15-45(16-18-46)26-7-11-44(4)12-8-26/h6,19-20,24,26,29,42H,5,7-18,21-23H2,1-4H3,(H,43,48)/t24?,29-,35?/m1/s1. The average molecular weight is 737 g/mol. The number of amides is 3. The number of benzene rings is 1. The predicted octanol–water partition coefficient (Wildman–Crippen LogP) is 5.61. The van der Waals surface area contributed by atoms with E-state index in [9.17, 15) is 27.6 Å². The van der Waals surface area contributed by atoms with E-state index in [-0.39, 0.29) is 39.4 Å². The highest BCUT2D eigenvalue weighted by Crippen LogP contribution is 2.59. The summed E-state index contributed by atoms with van der Waals surface area (Å²) in [5.41, 5.74) is -0.612. The highest BCUT2D eigenvalue weighted by molar-refractivity contribution is 6.33. The Hall–Kier alpha value is -3.03. The van der Waals surface area contributed by atoms with Crippen LogP contribution in [0, 0.1) is 16.7 Å². The van der Waals surface area contributed by atoms with Crippen molar-refractivity contribution >= 4 is 35.2 Å². The number of alkyl halides is 3. The summed E-state index contributed by atoms with van der Waals surface area (Å²) in [5.74, 6) is 0.0388. The summed E-state index contributed by atoms with van der Waals surface area (Å²) in [6.07, 6.45) is 0.744. The first-order valence-electron chi connectivity index (χ1n) is 18.4. The smallest absolute Gasteiger partial charge is 0.418 e. The number of nitrogens with zero attached hydrogens (tertiary/aromatic N) is 4. The van der Waals surface area contributed by atoms with Gasteiger partial charge in [0.2, 0.25) is 5.91 Å². The molecule has 51 heavy (non-hydrogen) atoms. The van der Waals surface area contributed by atoms with Gasteiger partial charge < -0.3 is 30.1 Å². The van der Waals surface area contributed by atoms with Gasteiger partial charge in [0.15, 0.2) is 6.10 Å². The van der Waals surface area contributed by atoms with Gasteiger partial charge in [0, 0.05) is 76.3 Å². The topological polar surface area (TPSA) is 97.5 Å². The maximum absolute atomic E-state index is 14.1. The van der Waals surface area contributed by atoms with E-state index in [4.69, 9.17) is 16.3 Å². The fraction of sp³-hybridized carbons (Fsp3) is 0.703. The van der Waals surface area contributed by atoms with Crippen LogP contribution < -0.4 is 10.6 Å². The van der Waals surface area contributed by atoms with Crippen molar-refractivity contribution in [3.8, 4) is 0 Å². The minimum atomic E-state index is -4.69. The molecule has 3 atom stereocenters. The number of allylic oxidation sites excluding steroid dienone is 2. The first-order chi connectivity index (χ1) is 24.1. The lowest BCUT2D eigenvalue weighted by molar-refractivity contribution is -0.144. The van der Waals surface area contributed by atoms with Crippen LogP contribution in [-0.4, -0.2) is 116 Å². The molecule has 6 rings (SSSR count). The zero-order valence-corrected chi connectivity index (χ0v) is 31.0. The number of carbonyl (C=O) groups excluding carboxylic acids is 3. The number of hydrogen-bond donors (Lipinski definition) is 2. The Morgan fingerprint density at radius 3 is 2.35 bits per heavy atom. The number of rotatable bonds is 6. The molecule has 3 amide bonds. The molecule has 2 N–H and O–H groups in total. The van der Waals surface area contributed by atoms with Crippen molar-refractivity contribution in [1.82, 2.24) is 24.9 Å². The number of likely N-dealkylation sites (tertiary alicyclic amines) is 2. The second-order valence-electron chi connectivity index (χ2n) is 15.7. The molecule has 2 unspecified atom stereocenters. The van der Waals surface area contributed by atoms with Crippen LogP contribution in [0.15, 0.2) is 23.9 Å². The van der Waals surface area contributed by atoms with Crippen LogP contribution in [0.2, 0.25) is 5.02 Å². The number of fused-ring (bicyclic) bond motifs is 2. The lowest BCUT2D eigenvalue weighted by Gasteiger charge is -2.58. The third kappa shape index (κ3) is 7.71. The van der Waals surface area contributed by atoms with E-state index in [0.717, 1.165) is 50.5 Å². The van der Waals surface area contributed by atoms with E-state index in [1.165, 1.54) is 13.1 Å². The van der Waals surface area contributed by atoms with Crippen molar-refractivity contribution in [2.75, 3.05) is 71.8 Å². The fourth-order valence-corrected chi connectivity index (χ4v) is 9.72. The van der Waals surface area contributed by atoms with E-state index in [0.29, 0.717) is 70.5 Å². The van der Waals surface area contributed by atoms with Crippen LogP contribution in [0.4, 0.5) is 23.7 Å². The Labute approximate surface area is 304 Å². The SMILES string of the molecule is CNc1c(Cl)cc(C[C@@H](OC(=O)N2CCC3(CC2)CC(=O)NC2=CCC(C)CC23C)C(=O)N2CCN(C3CCN(C)CC3)CC2)cc1C(F)(F)F. The summed E-state index contributed by atoms with van der Waals surface area (Å²) in [5, 5.41) is 5.50. The van der Waals surface area contributed by atoms with Gasteiger partial charge in [-0.2, -0.15) is 13.2 Å². The van der Waals surface area contributed by atoms with Crippen molar-refractivity contribution in [3.63, 3.8) is 0 Å². The summed E-state index contributed by atoms with van der Waals surface area (Å²) in [4.78, 5) is 48.8. The molecule has 0 aromatic heterocycles. The molecule has 0 saturated carbocycles. The van der Waals surface area contributed by atoms with Gasteiger partial charge in [-0.05, 0) is 87.7 Å². The van der Waals surface area contributed by atoms with Crippen molar-refractivity contribution < 1.29 is 32.3 Å². The minimum absolute atomic E-state index is 0.00735. The Bertz CT molecular complexity index is 1520. The summed E-state index contributed by atoms with van der Waals surface area (Å²) in [6.45, 7) is 9.42. The maximum Gasteiger partial charge on any atom is 0.418 e. The average Bonchev–Trinajstić information content (AvgIpc) is 3.08. The monoisotopic (exact) mass is 736 g/mol. The highest BCUT2D eigenvalue weighted by Gasteiger charge is 2.57. The lowest BCUT2D eigenvalue weighted by Crippen LogP contribution is -2.59. The molecule has 0 bridgehead atoms. The maximum atomic E-state index is 14.1. The van der Waals surface area contributed by atoms with E-state index in [2.05, 4.69) is 47.4 Å². The third-order valence-corrected chi connectivity index (χ3v) is 12.8. The van der Waals surface area contributed by atoms with Gasteiger partial charge in [-0.25, -0.2) is 4.79 Å². The molecule has 1 spiro atoms. The normalized spacial score (nSPS) is 27.0. The molecule has 1 aromatic rings. The predicted molar refractivity (Wildman–Crippen MR) is 189 cm³/mol. The molecule has 4 saturated heterocycles.